The average molecular weight is 1560 g/mol. The number of aliphatic hydroxyl groups excluding tert-OH is 1. The maximum atomic E-state index is 12.7. The summed E-state index contributed by atoms with van der Waals surface area (Å²) in [4.78, 5) is 136. The number of carbonyl (C=O) groups is 11. The van der Waals surface area contributed by atoms with Gasteiger partial charge in [-0.05, 0) is 95.2 Å². The number of hydrogen-bond acceptors (Lipinski definition) is 27. The number of thiazole rings is 2. The van der Waals surface area contributed by atoms with Crippen molar-refractivity contribution in [2.45, 2.75) is 131 Å². The molecule has 37 heteroatoms. The van der Waals surface area contributed by atoms with E-state index < -0.39 is 64.4 Å². The molecule has 4 aromatic heterocycles. The predicted octanol–water partition coefficient (Wildman–Crippen LogP) is 4.61. The van der Waals surface area contributed by atoms with E-state index in [0.717, 1.165) is 50.6 Å². The molecule has 0 bridgehead atoms. The molecule has 586 valence electrons. The Hall–Kier alpha value is -7.99. The summed E-state index contributed by atoms with van der Waals surface area (Å²) in [5.74, 6) is -5.34. The smallest absolute Gasteiger partial charge is 0.870 e. The van der Waals surface area contributed by atoms with Crippen LogP contribution in [0.5, 0.6) is 0 Å². The summed E-state index contributed by atoms with van der Waals surface area (Å²) in [5, 5.41) is 54.3. The van der Waals surface area contributed by atoms with Gasteiger partial charge in [-0.1, -0.05) is 43.0 Å². The summed E-state index contributed by atoms with van der Waals surface area (Å²) in [5.41, 5.74) is 11.1. The van der Waals surface area contributed by atoms with Crippen LogP contribution in [0.15, 0.2) is 84.3 Å². The molecule has 0 spiro atoms. The van der Waals surface area contributed by atoms with Crippen LogP contribution in [0.1, 0.15) is 160 Å². The summed E-state index contributed by atoms with van der Waals surface area (Å²) in [7, 11) is 0. The van der Waals surface area contributed by atoms with E-state index in [-0.39, 0.29) is 180 Å². The van der Waals surface area contributed by atoms with E-state index >= 15 is 0 Å². The predicted molar refractivity (Wildman–Crippen MR) is 389 cm³/mol. The second-order valence-corrected chi connectivity index (χ2v) is 26.6. The minimum absolute atomic E-state index is 0. The van der Waals surface area contributed by atoms with Gasteiger partial charge in [-0.25, -0.2) is 29.1 Å². The van der Waals surface area contributed by atoms with Gasteiger partial charge in [-0.15, -0.1) is 22.7 Å². The number of carboxylic acids is 4. The first-order chi connectivity index (χ1) is 48.7. The number of carboxylic acid groups (broad SMARTS) is 4. The molecule has 0 radical (unpaired) electrons. The van der Waals surface area contributed by atoms with Crippen LogP contribution in [-0.2, 0) is 61.9 Å². The second-order valence-electron chi connectivity index (χ2n) is 24.9. The summed E-state index contributed by atoms with van der Waals surface area (Å²) >= 11 is 2.15. The summed E-state index contributed by atoms with van der Waals surface area (Å²) in [6.45, 7) is 28.8. The molecule has 0 aliphatic heterocycles. The van der Waals surface area contributed by atoms with Crippen molar-refractivity contribution in [2.24, 2.45) is 11.5 Å². The molecule has 106 heavy (non-hydrogen) atoms. The zero-order valence-corrected chi connectivity index (χ0v) is 67.0. The van der Waals surface area contributed by atoms with E-state index in [0.29, 0.717) is 50.6 Å². The molecule has 0 aliphatic rings. The number of H-pyrrole nitrogens is 2. The fourth-order valence-corrected chi connectivity index (χ4v) is 8.49. The Labute approximate surface area is 665 Å². The first-order valence-corrected chi connectivity index (χ1v) is 34.1. The van der Waals surface area contributed by atoms with E-state index in [1.807, 2.05) is 90.1 Å². The Morgan fingerprint density at radius 1 is 0.500 bits per heavy atom. The van der Waals surface area contributed by atoms with Crippen molar-refractivity contribution >= 4 is 110 Å². The molecular formula is C69H102KN9O25S2. The number of ether oxygens (including phenoxy) is 8. The van der Waals surface area contributed by atoms with Gasteiger partial charge < -0.3 is 106 Å². The molecule has 0 atom stereocenters. The third-order valence-corrected chi connectivity index (χ3v) is 12.8. The summed E-state index contributed by atoms with van der Waals surface area (Å²) in [6, 6.07) is 14.9. The number of benzene rings is 2. The number of aromatic carboxylic acids is 1. The number of aliphatic carboxylic acids is 3. The molecule has 0 fully saturated rings. The molecule has 6 rings (SSSR count). The van der Waals surface area contributed by atoms with Crippen LogP contribution in [0.2, 0.25) is 0 Å². The molecule has 0 saturated carbocycles. The Morgan fingerprint density at radius 2 is 0.858 bits per heavy atom. The number of aliphatic hydroxyl groups is 1. The molecule has 2 aromatic carbocycles. The molecule has 0 unspecified atom stereocenters. The number of hydrogen-bond donors (Lipinski definition) is 12. The Bertz CT molecular complexity index is 3570. The summed E-state index contributed by atoms with van der Waals surface area (Å²) in [6.07, 6.45) is 3.67. The number of para-hydroxylation sites is 2. The summed E-state index contributed by atoms with van der Waals surface area (Å²) < 4.78 is 39.8. The molecule has 15 N–H and O–H groups in total. The Kier molecular flexibility index (Phi) is 53.4. The number of nitrogens with zero attached hydrogens (tertiary/aromatic N) is 2. The number of nitrogens with one attached hydrogen (secondary N) is 5. The van der Waals surface area contributed by atoms with Crippen LogP contribution in [0, 0.1) is 0 Å². The third kappa shape index (κ3) is 51.3. The number of esters is 2. The SMILES string of the molecule is C=CC(=O)OC(C)(C)C.CC(C)(C)OC(=O)CCOCCNC(=O)OC(C)(C)C.CC(C)(C)OC(=O)NCCO.NCCOCCC(=O)O.NCCOCCC(=O)O.O=C(O)CCOCCNC(=O)c1csc(C(=O)c2c[nH]c3ccccc23)n1.O=C(O)c1csc(C(=O)c2c[nH]c3ccccc23)n1.[K+].[OH-]. The first kappa shape index (κ1) is 102. The van der Waals surface area contributed by atoms with E-state index in [2.05, 4.69) is 42.5 Å². The number of nitrogens with two attached hydrogens (primary N) is 2. The van der Waals surface area contributed by atoms with Crippen LogP contribution >= 0.6 is 22.7 Å². The van der Waals surface area contributed by atoms with Crippen molar-refractivity contribution in [3.05, 3.63) is 117 Å². The fourth-order valence-electron chi connectivity index (χ4n) is 6.99. The fraction of sp³-hybridized carbons (Fsp3) is 0.493. The van der Waals surface area contributed by atoms with Gasteiger partial charge >= 0.3 is 99.4 Å². The molecular weight excluding hydrogens is 1460 g/mol. The molecule has 6 aromatic rings. The van der Waals surface area contributed by atoms with Crippen molar-refractivity contribution in [1.82, 2.24) is 35.9 Å². The van der Waals surface area contributed by atoms with Gasteiger partial charge in [0.25, 0.3) is 5.91 Å². The number of rotatable bonds is 31. The molecule has 0 aliphatic carbocycles. The first-order valence-electron chi connectivity index (χ1n) is 32.3. The minimum atomic E-state index is -1.13. The van der Waals surface area contributed by atoms with Crippen LogP contribution in [-0.4, -0.2) is 231 Å². The van der Waals surface area contributed by atoms with E-state index in [9.17, 15) is 52.7 Å². The van der Waals surface area contributed by atoms with Crippen LogP contribution in [0.3, 0.4) is 0 Å². The van der Waals surface area contributed by atoms with Gasteiger partial charge in [0.15, 0.2) is 15.7 Å². The van der Waals surface area contributed by atoms with Crippen molar-refractivity contribution in [3.63, 3.8) is 0 Å². The van der Waals surface area contributed by atoms with Gasteiger partial charge in [0, 0.05) is 83.8 Å². The van der Waals surface area contributed by atoms with Crippen molar-refractivity contribution in [2.75, 3.05) is 92.2 Å². The van der Waals surface area contributed by atoms with E-state index in [1.54, 1.807) is 53.9 Å². The Morgan fingerprint density at radius 3 is 1.21 bits per heavy atom. The van der Waals surface area contributed by atoms with E-state index in [4.69, 9.17) is 74.9 Å². The van der Waals surface area contributed by atoms with Gasteiger partial charge in [0.05, 0.1) is 96.3 Å². The number of aromatic nitrogens is 4. The largest absolute Gasteiger partial charge is 1.00 e. The Balaban J connectivity index is -0.00000122. The number of aromatic amines is 2. The number of fused-ring (bicyclic) bond motifs is 2. The normalized spacial score (nSPS) is 10.6. The van der Waals surface area contributed by atoms with E-state index in [1.165, 1.54) is 10.8 Å². The monoisotopic (exact) mass is 1560 g/mol. The maximum Gasteiger partial charge on any atom is 1.00 e. The number of amides is 3. The van der Waals surface area contributed by atoms with Crippen molar-refractivity contribution < 1.29 is 173 Å². The van der Waals surface area contributed by atoms with Crippen LogP contribution < -0.4 is 78.8 Å². The average Bonchev–Trinajstić information content (AvgIpc) is 1.66. The number of carbonyl (C=O) groups excluding carboxylic acids is 7. The van der Waals surface area contributed by atoms with Crippen LogP contribution in [0.4, 0.5) is 9.59 Å². The second kappa shape index (κ2) is 55.4. The zero-order chi connectivity index (χ0) is 79.1. The third-order valence-electron chi connectivity index (χ3n) is 11.1. The van der Waals surface area contributed by atoms with Gasteiger partial charge in [0.2, 0.25) is 11.6 Å². The van der Waals surface area contributed by atoms with Gasteiger partial charge in [-0.3, -0.25) is 33.6 Å². The van der Waals surface area contributed by atoms with Gasteiger partial charge in [-0.2, -0.15) is 0 Å². The zero-order valence-electron chi connectivity index (χ0n) is 62.2. The quantitative estimate of drug-likeness (QED) is 0.00706. The molecule has 34 nitrogen and oxygen atoms in total. The standard InChI is InChI=1S/C18H17N3O5S.C14H27NO5.C13H8N2O3S.C7H15NO3.C7H12O2.2C5H11NO3.K.H2O/c22-15(23)5-7-26-8-6-19-17(25)14-10-27-18(21-14)16(24)12-9-20-13-4-2-1-3-11(12)13;1-13(2,3)19-11(16)7-9-18-10-8-15-12(17)20-14(4,5)6;16-11(12-15-10(6-19-12)13(17)18)8-5-14-9-4-2-1-3-7(8)9;1-7(2,3)11-6(10)8-4-5-9;1-5-6(8)9-7(2,3)4;2*6-2-4-9-3-1-5(7)8;;/h1-4,9-10,20H,5-8H2,(H,19,25)(H,22,23);7-10H2,1-6H3,(H,15,17);1-6,14H,(H,17,18);9H,4-5H2,1-3H3,(H,8,10);5H,1H2,2-4H3;2*1-4,6H2,(H,7,8);;1H2/q;;;;;;;+1;/p-1. The minimum Gasteiger partial charge on any atom is -0.870 e. The molecule has 0 saturated heterocycles. The number of ketones is 2. The van der Waals surface area contributed by atoms with Gasteiger partial charge in [0.1, 0.15) is 28.1 Å². The van der Waals surface area contributed by atoms with Crippen LogP contribution in [0.25, 0.3) is 21.8 Å². The van der Waals surface area contributed by atoms with Crippen molar-refractivity contribution in [1.29, 1.82) is 0 Å². The maximum absolute atomic E-state index is 12.7. The topological polar surface area (TPSA) is 538 Å². The molecule has 4 heterocycles. The van der Waals surface area contributed by atoms with Crippen molar-refractivity contribution in [3.8, 4) is 0 Å². The molecule has 3 amide bonds. The number of alkyl carbamates (subject to hydrolysis) is 2.